The normalized spacial score (nSPS) is 16.3. The van der Waals surface area contributed by atoms with Gasteiger partial charge in [-0.15, -0.1) is 0 Å². The van der Waals surface area contributed by atoms with Crippen LogP contribution in [0, 0.1) is 11.6 Å². The number of methoxy groups -OCH3 is 2. The quantitative estimate of drug-likeness (QED) is 0.476. The number of nitrogens with one attached hydrogen (secondary N) is 1. The van der Waals surface area contributed by atoms with Gasteiger partial charge in [-0.1, -0.05) is 31.2 Å². The molecule has 35 heavy (non-hydrogen) atoms. The van der Waals surface area contributed by atoms with Gasteiger partial charge in [0.15, 0.2) is 11.5 Å². The lowest BCUT2D eigenvalue weighted by Crippen LogP contribution is -2.48. The second-order valence-corrected chi connectivity index (χ2v) is 8.66. The van der Waals surface area contributed by atoms with Crippen LogP contribution in [0.1, 0.15) is 46.4 Å². The van der Waals surface area contributed by atoms with Crippen molar-refractivity contribution in [1.82, 2.24) is 10.2 Å². The molecule has 5 nitrogen and oxygen atoms in total. The van der Waals surface area contributed by atoms with Crippen LogP contribution in [0.15, 0.2) is 60.7 Å². The highest BCUT2D eigenvalue weighted by molar-refractivity contribution is 5.94. The van der Waals surface area contributed by atoms with E-state index in [9.17, 15) is 13.6 Å². The Morgan fingerprint density at radius 2 is 1.80 bits per heavy atom. The van der Waals surface area contributed by atoms with E-state index in [1.807, 2.05) is 25.1 Å². The van der Waals surface area contributed by atoms with Crippen molar-refractivity contribution in [3.8, 4) is 11.5 Å². The van der Waals surface area contributed by atoms with Crippen LogP contribution >= 0.6 is 0 Å². The summed E-state index contributed by atoms with van der Waals surface area (Å²) in [7, 11) is 3.19. The smallest absolute Gasteiger partial charge is 0.251 e. The van der Waals surface area contributed by atoms with Crippen LogP contribution in [0.5, 0.6) is 11.5 Å². The Hall–Kier alpha value is -3.45. The van der Waals surface area contributed by atoms with Gasteiger partial charge in [-0.25, -0.2) is 8.78 Å². The summed E-state index contributed by atoms with van der Waals surface area (Å²) in [5.41, 5.74) is 2.94. The molecule has 3 aromatic carbocycles. The number of ether oxygens (including phenoxy) is 2. The first-order valence-corrected chi connectivity index (χ1v) is 11.7. The number of halogens is 2. The summed E-state index contributed by atoms with van der Waals surface area (Å²) >= 11 is 0. The Morgan fingerprint density at radius 3 is 2.49 bits per heavy atom. The molecule has 0 aromatic heterocycles. The average molecular weight is 481 g/mol. The molecule has 4 rings (SSSR count). The number of carbonyl (C=O) groups is 1. The molecule has 0 saturated heterocycles. The molecule has 7 heteroatoms. The second-order valence-electron chi connectivity index (χ2n) is 8.66. The number of hydrogen-bond donors (Lipinski definition) is 1. The molecule has 0 saturated carbocycles. The van der Waals surface area contributed by atoms with Crippen LogP contribution < -0.4 is 14.8 Å². The molecule has 0 radical (unpaired) electrons. The third-order valence-corrected chi connectivity index (χ3v) is 6.58. The Morgan fingerprint density at radius 1 is 1.06 bits per heavy atom. The molecule has 0 spiro atoms. The fraction of sp³-hybridized carbons (Fsp3) is 0.321. The first-order valence-electron chi connectivity index (χ1n) is 11.7. The predicted octanol–water partition coefficient (Wildman–Crippen LogP) is 5.29. The third kappa shape index (κ3) is 5.30. The molecule has 2 atom stereocenters. The van der Waals surface area contributed by atoms with Crippen LogP contribution in [-0.2, 0) is 13.0 Å². The van der Waals surface area contributed by atoms with Crippen molar-refractivity contribution in [2.45, 2.75) is 38.4 Å². The Labute approximate surface area is 204 Å². The van der Waals surface area contributed by atoms with E-state index in [1.54, 1.807) is 32.4 Å². The van der Waals surface area contributed by atoms with Crippen molar-refractivity contribution >= 4 is 5.91 Å². The molecule has 3 aromatic rings. The molecule has 0 aliphatic carbocycles. The summed E-state index contributed by atoms with van der Waals surface area (Å²) in [4.78, 5) is 15.2. The SMILES string of the molecule is CCC(NC(=O)c1cccc(F)c1)C1c2cc(OC)c(OC)cc2CCN1Cc1ccccc1F. The van der Waals surface area contributed by atoms with Gasteiger partial charge >= 0.3 is 0 Å². The highest BCUT2D eigenvalue weighted by Gasteiger charge is 2.35. The Kier molecular flexibility index (Phi) is 7.66. The molecule has 1 heterocycles. The largest absolute Gasteiger partial charge is 0.493 e. The van der Waals surface area contributed by atoms with Crippen molar-refractivity contribution < 1.29 is 23.0 Å². The number of nitrogens with zero attached hydrogens (tertiary/aromatic N) is 1. The minimum atomic E-state index is -0.466. The average Bonchev–Trinajstić information content (AvgIpc) is 2.87. The van der Waals surface area contributed by atoms with E-state index in [0.717, 1.165) is 17.5 Å². The number of hydrogen-bond acceptors (Lipinski definition) is 4. The zero-order valence-corrected chi connectivity index (χ0v) is 20.2. The topological polar surface area (TPSA) is 50.8 Å². The van der Waals surface area contributed by atoms with Gasteiger partial charge in [-0.05, 0) is 60.4 Å². The maximum absolute atomic E-state index is 14.6. The molecule has 184 valence electrons. The van der Waals surface area contributed by atoms with Crippen molar-refractivity contribution in [1.29, 1.82) is 0 Å². The Bertz CT molecular complexity index is 1200. The lowest BCUT2D eigenvalue weighted by atomic mass is 9.86. The van der Waals surface area contributed by atoms with Crippen LogP contribution in [0.4, 0.5) is 8.78 Å². The van der Waals surface area contributed by atoms with Crippen LogP contribution in [-0.4, -0.2) is 37.6 Å². The minimum Gasteiger partial charge on any atom is -0.493 e. The van der Waals surface area contributed by atoms with E-state index >= 15 is 0 Å². The number of fused-ring (bicyclic) bond motifs is 1. The molecule has 0 bridgehead atoms. The second kappa shape index (κ2) is 10.9. The molecular weight excluding hydrogens is 450 g/mol. The Balaban J connectivity index is 1.74. The summed E-state index contributed by atoms with van der Waals surface area (Å²) in [5, 5.41) is 3.10. The highest BCUT2D eigenvalue weighted by atomic mass is 19.1. The van der Waals surface area contributed by atoms with Crippen molar-refractivity contribution in [2.75, 3.05) is 20.8 Å². The summed E-state index contributed by atoms with van der Waals surface area (Å²) in [6, 6.07) is 15.7. The lowest BCUT2D eigenvalue weighted by Gasteiger charge is -2.42. The summed E-state index contributed by atoms with van der Waals surface area (Å²) < 4.78 is 39.4. The molecule has 1 aliphatic heterocycles. The third-order valence-electron chi connectivity index (χ3n) is 6.58. The summed E-state index contributed by atoms with van der Waals surface area (Å²) in [5.74, 6) is 0.155. The molecule has 2 unspecified atom stereocenters. The predicted molar refractivity (Wildman–Crippen MR) is 131 cm³/mol. The maximum atomic E-state index is 14.6. The van der Waals surface area contributed by atoms with Gasteiger partial charge in [0.1, 0.15) is 11.6 Å². The van der Waals surface area contributed by atoms with Gasteiger partial charge in [0.25, 0.3) is 5.91 Å². The number of benzene rings is 3. The fourth-order valence-electron chi connectivity index (χ4n) is 4.81. The van der Waals surface area contributed by atoms with Crippen LogP contribution in [0.3, 0.4) is 0 Å². The number of amides is 1. The van der Waals surface area contributed by atoms with Gasteiger partial charge in [0, 0.05) is 30.3 Å². The summed E-state index contributed by atoms with van der Waals surface area (Å²) in [6.07, 6.45) is 1.36. The molecule has 1 aliphatic rings. The van der Waals surface area contributed by atoms with Crippen molar-refractivity contribution in [3.05, 3.63) is 94.6 Å². The molecule has 1 N–H and O–H groups in total. The fourth-order valence-corrected chi connectivity index (χ4v) is 4.81. The summed E-state index contributed by atoms with van der Waals surface area (Å²) in [6.45, 7) is 3.05. The maximum Gasteiger partial charge on any atom is 0.251 e. The van der Waals surface area contributed by atoms with Gasteiger partial charge in [0.2, 0.25) is 0 Å². The standard InChI is InChI=1S/C28H30F2N2O3/c1-4-24(31-28(33)19-9-7-10-21(29)14-19)27-22-16-26(35-3)25(34-2)15-18(22)12-13-32(27)17-20-8-5-6-11-23(20)30/h5-11,14-16,24,27H,4,12-13,17H2,1-3H3,(H,31,33). The molecule has 0 fully saturated rings. The molecular formula is C28H30F2N2O3. The van der Waals surface area contributed by atoms with E-state index in [-0.39, 0.29) is 29.4 Å². The zero-order chi connectivity index (χ0) is 24.9. The monoisotopic (exact) mass is 480 g/mol. The van der Waals surface area contributed by atoms with Gasteiger partial charge in [-0.2, -0.15) is 0 Å². The lowest BCUT2D eigenvalue weighted by molar-refractivity contribution is 0.0857. The minimum absolute atomic E-state index is 0.249. The van der Waals surface area contributed by atoms with Gasteiger partial charge in [-0.3, -0.25) is 9.69 Å². The molecule has 1 amide bonds. The van der Waals surface area contributed by atoms with Crippen LogP contribution in [0.2, 0.25) is 0 Å². The van der Waals surface area contributed by atoms with Crippen molar-refractivity contribution in [2.24, 2.45) is 0 Å². The highest BCUT2D eigenvalue weighted by Crippen LogP contribution is 2.40. The van der Waals surface area contributed by atoms with Gasteiger partial charge in [0.05, 0.1) is 20.3 Å². The first-order chi connectivity index (χ1) is 16.9. The van der Waals surface area contributed by atoms with E-state index in [4.69, 9.17) is 9.47 Å². The van der Waals surface area contributed by atoms with Crippen LogP contribution in [0.25, 0.3) is 0 Å². The zero-order valence-electron chi connectivity index (χ0n) is 20.2. The van der Waals surface area contributed by atoms with Crippen molar-refractivity contribution in [3.63, 3.8) is 0 Å². The number of rotatable bonds is 8. The van der Waals surface area contributed by atoms with E-state index in [1.165, 1.54) is 24.3 Å². The van der Waals surface area contributed by atoms with E-state index in [2.05, 4.69) is 10.2 Å². The van der Waals surface area contributed by atoms with Gasteiger partial charge < -0.3 is 14.8 Å². The first kappa shape index (κ1) is 24.7. The van der Waals surface area contributed by atoms with E-state index in [0.29, 0.717) is 36.6 Å². The number of carbonyl (C=O) groups excluding carboxylic acids is 1. The van der Waals surface area contributed by atoms with E-state index < -0.39 is 5.82 Å².